The molecule has 2 atom stereocenters. The van der Waals surface area contributed by atoms with E-state index < -0.39 is 6.10 Å². The third kappa shape index (κ3) is 3.04. The number of rotatable bonds is 5. The predicted octanol–water partition coefficient (Wildman–Crippen LogP) is 1.17. The molecular weight excluding hydrogens is 200 g/mol. The Balaban J connectivity index is 2.92. The molecular formula is C13H22N2O. The van der Waals surface area contributed by atoms with Crippen LogP contribution in [0.1, 0.15) is 24.1 Å². The molecule has 1 aromatic rings. The maximum atomic E-state index is 9.90. The zero-order valence-corrected chi connectivity index (χ0v) is 10.4. The summed E-state index contributed by atoms with van der Waals surface area (Å²) in [7, 11) is 3.91. The maximum Gasteiger partial charge on any atom is 0.0858 e. The normalized spacial score (nSPS) is 15.1. The Kier molecular flexibility index (Phi) is 4.93. The maximum absolute atomic E-state index is 9.90. The average Bonchev–Trinajstić information content (AvgIpc) is 2.29. The molecule has 1 aromatic carbocycles. The number of hydrogen-bond donors (Lipinski definition) is 2. The lowest BCUT2D eigenvalue weighted by Gasteiger charge is -2.28. The quantitative estimate of drug-likeness (QED) is 0.786. The van der Waals surface area contributed by atoms with Crippen molar-refractivity contribution >= 4 is 0 Å². The largest absolute Gasteiger partial charge is 0.390 e. The Bertz CT molecular complexity index is 308. The monoisotopic (exact) mass is 222 g/mol. The standard InChI is InChI=1S/C13H22N2O/c1-4-10-5-7-11(8-6-10)13(15(2)3)12(16)9-14/h5-8,12-13,16H,4,9,14H2,1-3H3. The van der Waals surface area contributed by atoms with E-state index in [9.17, 15) is 5.11 Å². The number of aryl methyl sites for hydroxylation is 1. The Hall–Kier alpha value is -0.900. The number of benzene rings is 1. The van der Waals surface area contributed by atoms with E-state index in [0.29, 0.717) is 0 Å². The molecule has 0 saturated heterocycles. The van der Waals surface area contributed by atoms with Crippen molar-refractivity contribution in [2.45, 2.75) is 25.5 Å². The SMILES string of the molecule is CCc1ccc(C(C(O)CN)N(C)C)cc1. The number of aliphatic hydroxyl groups is 1. The first kappa shape index (κ1) is 13.2. The molecule has 2 unspecified atom stereocenters. The van der Waals surface area contributed by atoms with E-state index in [1.807, 2.05) is 19.0 Å². The summed E-state index contributed by atoms with van der Waals surface area (Å²) in [4.78, 5) is 2.00. The van der Waals surface area contributed by atoms with Crippen molar-refractivity contribution in [3.8, 4) is 0 Å². The van der Waals surface area contributed by atoms with Gasteiger partial charge in [-0.25, -0.2) is 0 Å². The van der Waals surface area contributed by atoms with E-state index in [0.717, 1.165) is 12.0 Å². The highest BCUT2D eigenvalue weighted by Gasteiger charge is 2.21. The van der Waals surface area contributed by atoms with E-state index in [2.05, 4.69) is 31.2 Å². The van der Waals surface area contributed by atoms with Crippen LogP contribution in [0.25, 0.3) is 0 Å². The van der Waals surface area contributed by atoms with Gasteiger partial charge in [0.25, 0.3) is 0 Å². The van der Waals surface area contributed by atoms with E-state index in [-0.39, 0.29) is 12.6 Å². The topological polar surface area (TPSA) is 49.5 Å². The summed E-state index contributed by atoms with van der Waals surface area (Å²) in [5.41, 5.74) is 7.95. The first-order valence-electron chi connectivity index (χ1n) is 5.73. The van der Waals surface area contributed by atoms with Gasteiger partial charge in [0.05, 0.1) is 12.1 Å². The number of nitrogens with zero attached hydrogens (tertiary/aromatic N) is 1. The zero-order valence-electron chi connectivity index (χ0n) is 10.4. The van der Waals surface area contributed by atoms with Gasteiger partial charge < -0.3 is 15.7 Å². The Morgan fingerprint density at radius 2 is 1.81 bits per heavy atom. The minimum absolute atomic E-state index is 0.0316. The number of aliphatic hydroxyl groups excluding tert-OH is 1. The highest BCUT2D eigenvalue weighted by atomic mass is 16.3. The average molecular weight is 222 g/mol. The van der Waals surface area contributed by atoms with E-state index in [4.69, 9.17) is 5.73 Å². The molecule has 0 aliphatic rings. The molecule has 0 heterocycles. The minimum atomic E-state index is -0.525. The molecule has 0 saturated carbocycles. The second-order valence-corrected chi connectivity index (χ2v) is 4.31. The van der Waals surface area contributed by atoms with Crippen LogP contribution in [0.4, 0.5) is 0 Å². The van der Waals surface area contributed by atoms with Gasteiger partial charge in [-0.3, -0.25) is 0 Å². The molecule has 16 heavy (non-hydrogen) atoms. The number of likely N-dealkylation sites (N-methyl/N-ethyl adjacent to an activating group) is 1. The van der Waals surface area contributed by atoms with E-state index >= 15 is 0 Å². The predicted molar refractivity (Wildman–Crippen MR) is 67.3 cm³/mol. The van der Waals surface area contributed by atoms with Crippen molar-refractivity contribution in [3.05, 3.63) is 35.4 Å². The van der Waals surface area contributed by atoms with Gasteiger partial charge in [0.15, 0.2) is 0 Å². The van der Waals surface area contributed by atoms with Gasteiger partial charge in [-0.05, 0) is 31.6 Å². The van der Waals surface area contributed by atoms with Crippen LogP contribution in [0.3, 0.4) is 0 Å². The van der Waals surface area contributed by atoms with Crippen molar-refractivity contribution in [3.63, 3.8) is 0 Å². The van der Waals surface area contributed by atoms with Crippen molar-refractivity contribution in [1.29, 1.82) is 0 Å². The zero-order chi connectivity index (χ0) is 12.1. The minimum Gasteiger partial charge on any atom is -0.390 e. The van der Waals surface area contributed by atoms with Crippen LogP contribution in [0, 0.1) is 0 Å². The summed E-state index contributed by atoms with van der Waals surface area (Å²) in [6.07, 6.45) is 0.509. The third-order valence-corrected chi connectivity index (χ3v) is 2.89. The summed E-state index contributed by atoms with van der Waals surface area (Å²) in [5, 5.41) is 9.90. The Labute approximate surface area is 97.9 Å². The van der Waals surface area contributed by atoms with E-state index in [1.54, 1.807) is 0 Å². The fourth-order valence-electron chi connectivity index (χ4n) is 1.94. The van der Waals surface area contributed by atoms with Crippen molar-refractivity contribution < 1.29 is 5.11 Å². The molecule has 0 radical (unpaired) electrons. The van der Waals surface area contributed by atoms with Crippen LogP contribution in [0.5, 0.6) is 0 Å². The van der Waals surface area contributed by atoms with Gasteiger partial charge in [0.1, 0.15) is 0 Å². The van der Waals surface area contributed by atoms with Crippen molar-refractivity contribution in [1.82, 2.24) is 4.90 Å². The lowest BCUT2D eigenvalue weighted by Crippen LogP contribution is -2.36. The molecule has 0 spiro atoms. The fourth-order valence-corrected chi connectivity index (χ4v) is 1.94. The van der Waals surface area contributed by atoms with Crippen LogP contribution in [0.15, 0.2) is 24.3 Å². The molecule has 1 rings (SSSR count). The first-order chi connectivity index (χ1) is 7.60. The molecule has 0 aliphatic carbocycles. The van der Waals surface area contributed by atoms with E-state index in [1.165, 1.54) is 5.56 Å². The van der Waals surface area contributed by atoms with Crippen LogP contribution < -0.4 is 5.73 Å². The summed E-state index contributed by atoms with van der Waals surface area (Å²) in [6, 6.07) is 8.32. The number of hydrogen-bond acceptors (Lipinski definition) is 3. The van der Waals surface area contributed by atoms with Gasteiger partial charge in [-0.15, -0.1) is 0 Å². The molecule has 3 heteroatoms. The second-order valence-electron chi connectivity index (χ2n) is 4.31. The fraction of sp³-hybridized carbons (Fsp3) is 0.538. The van der Waals surface area contributed by atoms with Crippen molar-refractivity contribution in [2.24, 2.45) is 5.73 Å². The number of nitrogens with two attached hydrogens (primary N) is 1. The first-order valence-corrected chi connectivity index (χ1v) is 5.73. The highest BCUT2D eigenvalue weighted by Crippen LogP contribution is 2.22. The van der Waals surface area contributed by atoms with Gasteiger partial charge in [-0.2, -0.15) is 0 Å². The van der Waals surface area contributed by atoms with Crippen LogP contribution in [-0.2, 0) is 6.42 Å². The Morgan fingerprint density at radius 3 is 2.19 bits per heavy atom. The van der Waals surface area contributed by atoms with Crippen LogP contribution >= 0.6 is 0 Å². The molecule has 3 N–H and O–H groups in total. The lowest BCUT2D eigenvalue weighted by atomic mass is 9.98. The van der Waals surface area contributed by atoms with Gasteiger partial charge >= 0.3 is 0 Å². The van der Waals surface area contributed by atoms with Gasteiger partial charge in [0, 0.05) is 6.54 Å². The molecule has 90 valence electrons. The third-order valence-electron chi connectivity index (χ3n) is 2.89. The molecule has 0 aromatic heterocycles. The van der Waals surface area contributed by atoms with Crippen molar-refractivity contribution in [2.75, 3.05) is 20.6 Å². The molecule has 0 bridgehead atoms. The molecule has 0 amide bonds. The molecule has 0 fully saturated rings. The van der Waals surface area contributed by atoms with Gasteiger partial charge in [0.2, 0.25) is 0 Å². The molecule has 3 nitrogen and oxygen atoms in total. The summed E-state index contributed by atoms with van der Waals surface area (Å²) in [6.45, 7) is 2.41. The smallest absolute Gasteiger partial charge is 0.0858 e. The summed E-state index contributed by atoms with van der Waals surface area (Å²) >= 11 is 0. The Morgan fingerprint density at radius 1 is 1.25 bits per heavy atom. The van der Waals surface area contributed by atoms with Crippen LogP contribution in [-0.4, -0.2) is 36.8 Å². The van der Waals surface area contributed by atoms with Crippen LogP contribution in [0.2, 0.25) is 0 Å². The second kappa shape index (κ2) is 5.99. The highest BCUT2D eigenvalue weighted by molar-refractivity contribution is 5.25. The molecule has 0 aliphatic heterocycles. The lowest BCUT2D eigenvalue weighted by molar-refractivity contribution is 0.0823. The summed E-state index contributed by atoms with van der Waals surface area (Å²) in [5.74, 6) is 0. The van der Waals surface area contributed by atoms with Gasteiger partial charge in [-0.1, -0.05) is 31.2 Å². The summed E-state index contributed by atoms with van der Waals surface area (Å²) < 4.78 is 0.